The second-order valence-corrected chi connectivity index (χ2v) is 9.83. The molecule has 0 fully saturated rings. The van der Waals surface area contributed by atoms with Crippen molar-refractivity contribution in [3.8, 4) is 5.82 Å². The lowest BCUT2D eigenvalue weighted by molar-refractivity contribution is 0.470. The van der Waals surface area contributed by atoms with Gasteiger partial charge in [-0.25, -0.2) is 19.3 Å². The molecule has 0 aliphatic carbocycles. The van der Waals surface area contributed by atoms with Crippen molar-refractivity contribution in [2.24, 2.45) is 0 Å². The standard InChI is InChI=1S/C27H31N7O/c1-6-27(4,5)22-8-7-9-23(31-22)34-24-21(25(35)33(34)17(2)3)16-29-26(32-24)30-20-11-10-18-12-13-28-15-19(18)14-20/h6-11,14,16-17,28H,1,12-13,15H2,2-5H3,(H,29,30,32). The quantitative estimate of drug-likeness (QED) is 0.407. The fourth-order valence-electron chi connectivity index (χ4n) is 4.44. The summed E-state index contributed by atoms with van der Waals surface area (Å²) in [6.45, 7) is 13.9. The Hall–Kier alpha value is -3.78. The summed E-state index contributed by atoms with van der Waals surface area (Å²) in [4.78, 5) is 27.5. The summed E-state index contributed by atoms with van der Waals surface area (Å²) in [6.07, 6.45) is 4.50. The van der Waals surface area contributed by atoms with Crippen LogP contribution in [0.25, 0.3) is 16.9 Å². The zero-order valence-electron chi connectivity index (χ0n) is 20.7. The van der Waals surface area contributed by atoms with Gasteiger partial charge in [-0.3, -0.25) is 4.79 Å². The summed E-state index contributed by atoms with van der Waals surface area (Å²) >= 11 is 0. The van der Waals surface area contributed by atoms with Gasteiger partial charge in [0.2, 0.25) is 5.95 Å². The molecular weight excluding hydrogens is 438 g/mol. The maximum Gasteiger partial charge on any atom is 0.278 e. The van der Waals surface area contributed by atoms with E-state index >= 15 is 0 Å². The van der Waals surface area contributed by atoms with Gasteiger partial charge < -0.3 is 10.6 Å². The highest BCUT2D eigenvalue weighted by atomic mass is 16.1. The highest BCUT2D eigenvalue weighted by molar-refractivity contribution is 5.77. The molecule has 0 saturated heterocycles. The molecule has 0 bridgehead atoms. The number of hydrogen-bond donors (Lipinski definition) is 2. The summed E-state index contributed by atoms with van der Waals surface area (Å²) < 4.78 is 3.48. The van der Waals surface area contributed by atoms with Crippen LogP contribution in [0.1, 0.15) is 50.6 Å². The van der Waals surface area contributed by atoms with E-state index in [0.717, 1.165) is 30.9 Å². The first-order valence-corrected chi connectivity index (χ1v) is 12.0. The molecule has 180 valence electrons. The van der Waals surface area contributed by atoms with Crippen molar-refractivity contribution in [1.82, 2.24) is 29.6 Å². The van der Waals surface area contributed by atoms with Gasteiger partial charge >= 0.3 is 0 Å². The summed E-state index contributed by atoms with van der Waals surface area (Å²) in [7, 11) is 0. The molecule has 0 radical (unpaired) electrons. The molecule has 3 aromatic heterocycles. The van der Waals surface area contributed by atoms with Crippen LogP contribution < -0.4 is 16.2 Å². The zero-order valence-corrected chi connectivity index (χ0v) is 20.7. The molecular formula is C27H31N7O. The van der Waals surface area contributed by atoms with Crippen molar-refractivity contribution >= 4 is 22.7 Å². The third kappa shape index (κ3) is 4.14. The van der Waals surface area contributed by atoms with E-state index in [1.165, 1.54) is 11.1 Å². The van der Waals surface area contributed by atoms with Gasteiger partial charge in [0.1, 0.15) is 5.39 Å². The SMILES string of the molecule is C=CC(C)(C)c1cccc(-n2c3nc(Nc4ccc5c(c4)CNCC5)ncc3c(=O)n2C(C)C)n1. The number of nitrogens with zero attached hydrogens (tertiary/aromatic N) is 5. The van der Waals surface area contributed by atoms with Crippen LogP contribution in [-0.4, -0.2) is 30.9 Å². The Labute approximate surface area is 204 Å². The number of pyridine rings is 1. The van der Waals surface area contributed by atoms with E-state index in [1.807, 2.05) is 44.2 Å². The summed E-state index contributed by atoms with van der Waals surface area (Å²) in [5.74, 6) is 1.06. The number of hydrogen-bond acceptors (Lipinski definition) is 6. The van der Waals surface area contributed by atoms with E-state index in [9.17, 15) is 4.79 Å². The zero-order chi connectivity index (χ0) is 24.7. The van der Waals surface area contributed by atoms with E-state index < -0.39 is 0 Å². The third-order valence-electron chi connectivity index (χ3n) is 6.58. The van der Waals surface area contributed by atoms with Gasteiger partial charge in [0.15, 0.2) is 11.5 Å². The molecule has 1 aromatic carbocycles. The Morgan fingerprint density at radius 3 is 2.77 bits per heavy atom. The lowest BCUT2D eigenvalue weighted by Gasteiger charge is -2.21. The van der Waals surface area contributed by atoms with Gasteiger partial charge in [0.05, 0.1) is 5.69 Å². The minimum absolute atomic E-state index is 0.0980. The van der Waals surface area contributed by atoms with Crippen molar-refractivity contribution in [2.45, 2.75) is 52.1 Å². The van der Waals surface area contributed by atoms with Crippen LogP contribution in [-0.2, 0) is 18.4 Å². The number of anilines is 2. The average Bonchev–Trinajstić information content (AvgIpc) is 3.16. The maximum atomic E-state index is 13.3. The van der Waals surface area contributed by atoms with Crippen molar-refractivity contribution in [3.05, 3.63) is 82.4 Å². The number of aromatic nitrogens is 5. The maximum absolute atomic E-state index is 13.3. The lowest BCUT2D eigenvalue weighted by Crippen LogP contribution is -2.25. The minimum Gasteiger partial charge on any atom is -0.324 e. The smallest absolute Gasteiger partial charge is 0.278 e. The van der Waals surface area contributed by atoms with Crippen LogP contribution in [0.5, 0.6) is 0 Å². The van der Waals surface area contributed by atoms with E-state index in [4.69, 9.17) is 9.97 Å². The Bertz CT molecular complexity index is 1480. The largest absolute Gasteiger partial charge is 0.324 e. The first-order valence-electron chi connectivity index (χ1n) is 12.0. The predicted octanol–water partition coefficient (Wildman–Crippen LogP) is 4.41. The van der Waals surface area contributed by atoms with E-state index in [2.05, 4.69) is 48.2 Å². The first-order chi connectivity index (χ1) is 16.8. The number of nitrogens with one attached hydrogen (secondary N) is 2. The highest BCUT2D eigenvalue weighted by Gasteiger charge is 2.23. The Balaban J connectivity index is 1.63. The average molecular weight is 470 g/mol. The molecule has 35 heavy (non-hydrogen) atoms. The fraction of sp³-hybridized carbons (Fsp3) is 0.333. The topological polar surface area (TPSA) is 89.7 Å². The minimum atomic E-state index is -0.315. The molecule has 8 nitrogen and oxygen atoms in total. The van der Waals surface area contributed by atoms with Crippen LogP contribution >= 0.6 is 0 Å². The number of fused-ring (bicyclic) bond motifs is 2. The molecule has 1 aliphatic heterocycles. The van der Waals surface area contributed by atoms with Gasteiger partial charge in [-0.15, -0.1) is 6.58 Å². The fourth-order valence-corrected chi connectivity index (χ4v) is 4.44. The Morgan fingerprint density at radius 1 is 1.17 bits per heavy atom. The van der Waals surface area contributed by atoms with Crippen LogP contribution in [0.4, 0.5) is 11.6 Å². The molecule has 0 spiro atoms. The summed E-state index contributed by atoms with van der Waals surface area (Å²) in [5.41, 5.74) is 4.48. The summed E-state index contributed by atoms with van der Waals surface area (Å²) in [5, 5.41) is 7.18. The normalized spacial score (nSPS) is 13.7. The van der Waals surface area contributed by atoms with Crippen LogP contribution in [0.3, 0.4) is 0 Å². The lowest BCUT2D eigenvalue weighted by atomic mass is 9.89. The van der Waals surface area contributed by atoms with Gasteiger partial charge in [0.25, 0.3) is 5.56 Å². The molecule has 2 N–H and O–H groups in total. The second kappa shape index (κ2) is 8.78. The van der Waals surface area contributed by atoms with Gasteiger partial charge in [0, 0.05) is 29.9 Å². The van der Waals surface area contributed by atoms with Crippen molar-refractivity contribution in [3.63, 3.8) is 0 Å². The predicted molar refractivity (Wildman–Crippen MR) is 140 cm³/mol. The van der Waals surface area contributed by atoms with Gasteiger partial charge in [-0.1, -0.05) is 32.1 Å². The number of allylic oxidation sites excluding steroid dienone is 1. The summed E-state index contributed by atoms with van der Waals surface area (Å²) in [6, 6.07) is 12.0. The molecule has 0 amide bonds. The van der Waals surface area contributed by atoms with Crippen molar-refractivity contribution in [2.75, 3.05) is 11.9 Å². The second-order valence-electron chi connectivity index (χ2n) is 9.83. The highest BCUT2D eigenvalue weighted by Crippen LogP contribution is 2.26. The Morgan fingerprint density at radius 2 is 2.00 bits per heavy atom. The molecule has 1 aliphatic rings. The van der Waals surface area contributed by atoms with E-state index in [1.54, 1.807) is 15.6 Å². The van der Waals surface area contributed by atoms with Gasteiger partial charge in [-0.05, 0) is 62.2 Å². The third-order valence-corrected chi connectivity index (χ3v) is 6.58. The van der Waals surface area contributed by atoms with Crippen LogP contribution in [0.2, 0.25) is 0 Å². The van der Waals surface area contributed by atoms with E-state index in [0.29, 0.717) is 22.8 Å². The molecule has 4 heterocycles. The van der Waals surface area contributed by atoms with Crippen molar-refractivity contribution < 1.29 is 0 Å². The molecule has 0 unspecified atom stereocenters. The first kappa shape index (κ1) is 23.0. The molecule has 8 heteroatoms. The van der Waals surface area contributed by atoms with Crippen molar-refractivity contribution in [1.29, 1.82) is 0 Å². The molecule has 0 atom stereocenters. The molecule has 4 aromatic rings. The molecule has 5 rings (SSSR count). The number of rotatable bonds is 6. The van der Waals surface area contributed by atoms with Crippen LogP contribution in [0, 0.1) is 0 Å². The van der Waals surface area contributed by atoms with Crippen LogP contribution in [0.15, 0.2) is 60.0 Å². The van der Waals surface area contributed by atoms with E-state index in [-0.39, 0.29) is 17.0 Å². The number of benzene rings is 1. The molecule has 0 saturated carbocycles. The van der Waals surface area contributed by atoms with Gasteiger partial charge in [-0.2, -0.15) is 4.98 Å². The Kier molecular flexibility index (Phi) is 5.76. The monoisotopic (exact) mass is 469 g/mol.